The number of rotatable bonds is 6. The van der Waals surface area contributed by atoms with Crippen molar-refractivity contribution in [2.45, 2.75) is 46.0 Å². The van der Waals surface area contributed by atoms with Gasteiger partial charge >= 0.3 is 0 Å². The van der Waals surface area contributed by atoms with Gasteiger partial charge in [-0.25, -0.2) is 0 Å². The van der Waals surface area contributed by atoms with Crippen molar-refractivity contribution < 1.29 is 9.59 Å². The van der Waals surface area contributed by atoms with Crippen LogP contribution in [-0.4, -0.2) is 36.3 Å². The van der Waals surface area contributed by atoms with Gasteiger partial charge in [0.15, 0.2) is 0 Å². The van der Waals surface area contributed by atoms with Crippen molar-refractivity contribution in [3.05, 3.63) is 35.4 Å². The summed E-state index contributed by atoms with van der Waals surface area (Å²) in [4.78, 5) is 26.2. The molecule has 0 radical (unpaired) electrons. The molecule has 0 unspecified atom stereocenters. The average molecular weight is 342 g/mol. The molecule has 1 saturated heterocycles. The molecule has 1 aliphatic heterocycles. The average Bonchev–Trinajstić information content (AvgIpc) is 3.45. The van der Waals surface area contributed by atoms with Crippen LogP contribution in [0, 0.1) is 17.8 Å². The summed E-state index contributed by atoms with van der Waals surface area (Å²) in [5, 5.41) is 2.95. The molecule has 4 heteroatoms. The summed E-state index contributed by atoms with van der Waals surface area (Å²) in [6.45, 7) is 6.71. The molecule has 2 amide bonds. The molecule has 1 aliphatic carbocycles. The van der Waals surface area contributed by atoms with Crippen molar-refractivity contribution in [2.24, 2.45) is 17.8 Å². The van der Waals surface area contributed by atoms with E-state index in [2.05, 4.69) is 36.2 Å². The smallest absolute Gasteiger partial charge is 0.251 e. The van der Waals surface area contributed by atoms with Crippen molar-refractivity contribution in [3.8, 4) is 0 Å². The van der Waals surface area contributed by atoms with Crippen molar-refractivity contribution in [1.82, 2.24) is 10.2 Å². The lowest BCUT2D eigenvalue weighted by molar-refractivity contribution is -0.133. The van der Waals surface area contributed by atoms with Crippen LogP contribution in [0.25, 0.3) is 0 Å². The lowest BCUT2D eigenvalue weighted by Crippen LogP contribution is -2.39. The Morgan fingerprint density at radius 2 is 1.72 bits per heavy atom. The minimum atomic E-state index is 0.00662. The third-order valence-corrected chi connectivity index (χ3v) is 5.26. The Hall–Kier alpha value is -1.84. The molecule has 1 heterocycles. The Bertz CT molecular complexity index is 597. The SMILES string of the molecule is CC(C)CNC(=O)c1ccc(CC2CCN(C(=O)C3CC3)CC2)cc1. The van der Waals surface area contributed by atoms with E-state index in [0.29, 0.717) is 30.2 Å². The third kappa shape index (κ3) is 5.07. The fourth-order valence-electron chi connectivity index (χ4n) is 3.47. The lowest BCUT2D eigenvalue weighted by Gasteiger charge is -2.32. The summed E-state index contributed by atoms with van der Waals surface area (Å²) in [7, 11) is 0. The van der Waals surface area contributed by atoms with Crippen LogP contribution in [0.3, 0.4) is 0 Å². The number of benzene rings is 1. The van der Waals surface area contributed by atoms with Crippen LogP contribution in [-0.2, 0) is 11.2 Å². The van der Waals surface area contributed by atoms with Crippen molar-refractivity contribution >= 4 is 11.8 Å². The maximum atomic E-state index is 12.1. The van der Waals surface area contributed by atoms with Gasteiger partial charge in [0.05, 0.1) is 0 Å². The fraction of sp³-hybridized carbons (Fsp3) is 0.619. The van der Waals surface area contributed by atoms with E-state index in [9.17, 15) is 9.59 Å². The van der Waals surface area contributed by atoms with Gasteiger partial charge in [0.2, 0.25) is 5.91 Å². The quantitative estimate of drug-likeness (QED) is 0.862. The Kier molecular flexibility index (Phi) is 5.77. The number of likely N-dealkylation sites (tertiary alicyclic amines) is 1. The topological polar surface area (TPSA) is 49.4 Å². The van der Waals surface area contributed by atoms with Gasteiger partial charge in [0, 0.05) is 31.1 Å². The van der Waals surface area contributed by atoms with E-state index in [0.717, 1.165) is 50.8 Å². The highest BCUT2D eigenvalue weighted by Gasteiger charge is 2.34. The number of carbonyl (C=O) groups excluding carboxylic acids is 2. The molecule has 1 aromatic carbocycles. The summed E-state index contributed by atoms with van der Waals surface area (Å²) in [5.41, 5.74) is 2.02. The highest BCUT2D eigenvalue weighted by molar-refractivity contribution is 5.94. The van der Waals surface area contributed by atoms with Gasteiger partial charge in [-0.15, -0.1) is 0 Å². The summed E-state index contributed by atoms with van der Waals surface area (Å²) in [6.07, 6.45) is 5.41. The summed E-state index contributed by atoms with van der Waals surface area (Å²) in [6, 6.07) is 8.01. The molecule has 0 aromatic heterocycles. The Morgan fingerprint density at radius 1 is 1.08 bits per heavy atom. The third-order valence-electron chi connectivity index (χ3n) is 5.26. The molecular formula is C21H30N2O2. The molecule has 2 fully saturated rings. The summed E-state index contributed by atoms with van der Waals surface area (Å²) in [5.74, 6) is 1.83. The number of nitrogens with one attached hydrogen (secondary N) is 1. The lowest BCUT2D eigenvalue weighted by atomic mass is 9.89. The summed E-state index contributed by atoms with van der Waals surface area (Å²) >= 11 is 0. The van der Waals surface area contributed by atoms with E-state index in [4.69, 9.17) is 0 Å². The van der Waals surface area contributed by atoms with E-state index in [-0.39, 0.29) is 5.91 Å². The molecule has 0 atom stereocenters. The zero-order valence-electron chi connectivity index (χ0n) is 15.5. The van der Waals surface area contributed by atoms with Crippen LogP contribution < -0.4 is 5.32 Å². The molecule has 25 heavy (non-hydrogen) atoms. The molecule has 4 nitrogen and oxygen atoms in total. The second-order valence-electron chi connectivity index (χ2n) is 8.05. The second kappa shape index (κ2) is 8.03. The standard InChI is InChI=1S/C21H30N2O2/c1-15(2)14-22-20(24)18-5-3-16(4-6-18)13-17-9-11-23(12-10-17)21(25)19-7-8-19/h3-6,15,17,19H,7-14H2,1-2H3,(H,22,24). The van der Waals surface area contributed by atoms with Crippen LogP contribution in [0.4, 0.5) is 0 Å². The zero-order valence-corrected chi connectivity index (χ0v) is 15.5. The maximum absolute atomic E-state index is 12.1. The van der Waals surface area contributed by atoms with E-state index < -0.39 is 0 Å². The highest BCUT2D eigenvalue weighted by atomic mass is 16.2. The predicted molar refractivity (Wildman–Crippen MR) is 99.3 cm³/mol. The second-order valence-corrected chi connectivity index (χ2v) is 8.05. The number of hydrogen-bond donors (Lipinski definition) is 1. The maximum Gasteiger partial charge on any atom is 0.251 e. The molecule has 1 saturated carbocycles. The first-order valence-corrected chi connectivity index (χ1v) is 9.69. The molecule has 2 aliphatic rings. The first-order valence-electron chi connectivity index (χ1n) is 9.69. The van der Waals surface area contributed by atoms with E-state index >= 15 is 0 Å². The molecule has 136 valence electrons. The van der Waals surface area contributed by atoms with Crippen LogP contribution in [0.5, 0.6) is 0 Å². The molecule has 3 rings (SSSR count). The first kappa shape index (κ1) is 18.0. The van der Waals surface area contributed by atoms with E-state index in [1.807, 2.05) is 12.1 Å². The monoisotopic (exact) mass is 342 g/mol. The normalized spacial score (nSPS) is 18.4. The fourth-order valence-corrected chi connectivity index (χ4v) is 3.47. The number of hydrogen-bond acceptors (Lipinski definition) is 2. The van der Waals surface area contributed by atoms with E-state index in [1.54, 1.807) is 0 Å². The van der Waals surface area contributed by atoms with Crippen LogP contribution in [0.1, 0.15) is 55.5 Å². The molecule has 1 aromatic rings. The van der Waals surface area contributed by atoms with Crippen molar-refractivity contribution in [1.29, 1.82) is 0 Å². The number of carbonyl (C=O) groups is 2. The molecule has 0 spiro atoms. The number of amides is 2. The van der Waals surface area contributed by atoms with Crippen LogP contribution >= 0.6 is 0 Å². The first-order chi connectivity index (χ1) is 12.0. The minimum absolute atomic E-state index is 0.00662. The van der Waals surface area contributed by atoms with Gasteiger partial charge in [0.1, 0.15) is 0 Å². The molecular weight excluding hydrogens is 312 g/mol. The Morgan fingerprint density at radius 3 is 2.28 bits per heavy atom. The van der Waals surface area contributed by atoms with Gasteiger partial charge in [-0.2, -0.15) is 0 Å². The predicted octanol–water partition coefficient (Wildman–Crippen LogP) is 3.26. The van der Waals surface area contributed by atoms with Gasteiger partial charge in [-0.05, 0) is 61.6 Å². The Balaban J connectivity index is 1.45. The number of piperidine rings is 1. The number of nitrogens with zero attached hydrogens (tertiary/aromatic N) is 1. The minimum Gasteiger partial charge on any atom is -0.352 e. The van der Waals surface area contributed by atoms with Crippen LogP contribution in [0.2, 0.25) is 0 Å². The van der Waals surface area contributed by atoms with E-state index in [1.165, 1.54) is 5.56 Å². The van der Waals surface area contributed by atoms with Gasteiger partial charge in [0.25, 0.3) is 5.91 Å². The van der Waals surface area contributed by atoms with Gasteiger partial charge < -0.3 is 10.2 Å². The zero-order chi connectivity index (χ0) is 17.8. The van der Waals surface area contributed by atoms with Crippen molar-refractivity contribution in [3.63, 3.8) is 0 Å². The van der Waals surface area contributed by atoms with Crippen LogP contribution in [0.15, 0.2) is 24.3 Å². The van der Waals surface area contributed by atoms with Crippen molar-refractivity contribution in [2.75, 3.05) is 19.6 Å². The van der Waals surface area contributed by atoms with Gasteiger partial charge in [-0.3, -0.25) is 9.59 Å². The highest BCUT2D eigenvalue weighted by Crippen LogP contribution is 2.32. The summed E-state index contributed by atoms with van der Waals surface area (Å²) < 4.78 is 0. The molecule has 0 bridgehead atoms. The molecule has 1 N–H and O–H groups in total. The largest absolute Gasteiger partial charge is 0.352 e. The van der Waals surface area contributed by atoms with Gasteiger partial charge in [-0.1, -0.05) is 26.0 Å². The Labute approximate surface area is 151 Å².